The summed E-state index contributed by atoms with van der Waals surface area (Å²) in [6.07, 6.45) is 10.4. The first kappa shape index (κ1) is 24.4. The number of hydrogen-bond acceptors (Lipinski definition) is 6. The van der Waals surface area contributed by atoms with Gasteiger partial charge in [0.15, 0.2) is 0 Å². The molecule has 1 aromatic carbocycles. The van der Waals surface area contributed by atoms with Crippen molar-refractivity contribution in [2.45, 2.75) is 57.0 Å². The van der Waals surface area contributed by atoms with Crippen LogP contribution in [0.4, 0.5) is 5.69 Å². The number of rotatable bonds is 6. The molecule has 2 fully saturated rings. The number of benzene rings is 1. The second-order valence-corrected chi connectivity index (χ2v) is 10.4. The molecule has 3 heterocycles. The van der Waals surface area contributed by atoms with Gasteiger partial charge in [-0.15, -0.1) is 11.3 Å². The highest BCUT2D eigenvalue weighted by molar-refractivity contribution is 7.13. The van der Waals surface area contributed by atoms with Gasteiger partial charge in [0.25, 0.3) is 0 Å². The molecule has 3 aliphatic rings. The zero-order valence-corrected chi connectivity index (χ0v) is 21.1. The van der Waals surface area contributed by atoms with E-state index in [0.29, 0.717) is 18.7 Å². The Balaban J connectivity index is 1.16. The van der Waals surface area contributed by atoms with Crippen molar-refractivity contribution in [1.82, 2.24) is 20.5 Å². The van der Waals surface area contributed by atoms with Crippen LogP contribution in [-0.2, 0) is 14.4 Å². The molecule has 0 bridgehead atoms. The number of amides is 3. The Morgan fingerprint density at radius 1 is 1.08 bits per heavy atom. The monoisotopic (exact) mass is 505 g/mol. The molecule has 2 aliphatic heterocycles. The highest BCUT2D eigenvalue weighted by Crippen LogP contribution is 2.32. The van der Waals surface area contributed by atoms with Crippen molar-refractivity contribution in [2.24, 2.45) is 0 Å². The molecule has 0 saturated carbocycles. The van der Waals surface area contributed by atoms with Gasteiger partial charge in [-0.1, -0.05) is 12.2 Å². The number of carbonyl (C=O) groups excluding carboxylic acids is 3. The van der Waals surface area contributed by atoms with E-state index >= 15 is 0 Å². The van der Waals surface area contributed by atoms with Crippen molar-refractivity contribution < 1.29 is 14.4 Å². The molecule has 3 atom stereocenters. The topological polar surface area (TPSA) is 103 Å². The maximum atomic E-state index is 12.7. The minimum Gasteiger partial charge on any atom is -0.331 e. The molecule has 1 unspecified atom stereocenters. The summed E-state index contributed by atoms with van der Waals surface area (Å²) in [5.74, 6) is 0.0127. The van der Waals surface area contributed by atoms with Gasteiger partial charge >= 0.3 is 0 Å². The van der Waals surface area contributed by atoms with Crippen LogP contribution in [-0.4, -0.2) is 52.8 Å². The number of nitrogens with zero attached hydrogens (tertiary/aromatic N) is 2. The largest absolute Gasteiger partial charge is 0.331 e. The highest BCUT2D eigenvalue weighted by Gasteiger charge is 2.32. The highest BCUT2D eigenvalue weighted by atomic mass is 32.1. The van der Waals surface area contributed by atoms with E-state index in [-0.39, 0.29) is 29.7 Å². The molecule has 9 heteroatoms. The smallest absolute Gasteiger partial charge is 0.247 e. The van der Waals surface area contributed by atoms with Crippen molar-refractivity contribution in [3.8, 4) is 10.6 Å². The van der Waals surface area contributed by atoms with Crippen LogP contribution in [0, 0.1) is 0 Å². The number of hydrogen-bond donors (Lipinski definition) is 3. The van der Waals surface area contributed by atoms with E-state index < -0.39 is 6.04 Å². The number of aromatic nitrogens is 1. The third-order valence-corrected chi connectivity index (χ3v) is 7.91. The summed E-state index contributed by atoms with van der Waals surface area (Å²) in [7, 11) is 0. The van der Waals surface area contributed by atoms with E-state index in [4.69, 9.17) is 4.98 Å². The summed E-state index contributed by atoms with van der Waals surface area (Å²) < 4.78 is 0. The van der Waals surface area contributed by atoms with Gasteiger partial charge in [-0.05, 0) is 69.0 Å². The van der Waals surface area contributed by atoms with Crippen LogP contribution in [0.5, 0.6) is 0 Å². The number of carbonyl (C=O) groups is 3. The Labute approximate surface area is 214 Å². The molecular weight excluding hydrogens is 474 g/mol. The van der Waals surface area contributed by atoms with E-state index in [1.54, 1.807) is 16.2 Å². The van der Waals surface area contributed by atoms with Crippen LogP contribution in [0.1, 0.15) is 50.6 Å². The minimum atomic E-state index is -0.394. The predicted molar refractivity (Wildman–Crippen MR) is 140 cm³/mol. The summed E-state index contributed by atoms with van der Waals surface area (Å²) in [6.45, 7) is 3.05. The SMILES string of the molecule is CC(=O)N1CCC[C@H]1C(=O)Nc1ccc(-c2nc(C3C=CC(NC(=O)[C@@H]4CCCN4)=CC3)cs2)cc1. The van der Waals surface area contributed by atoms with Crippen molar-refractivity contribution in [1.29, 1.82) is 0 Å². The summed E-state index contributed by atoms with van der Waals surface area (Å²) in [5, 5.41) is 12.2. The lowest BCUT2D eigenvalue weighted by Crippen LogP contribution is -2.42. The number of nitrogens with one attached hydrogen (secondary N) is 3. The Bertz CT molecular complexity index is 1200. The maximum Gasteiger partial charge on any atom is 0.247 e. The van der Waals surface area contributed by atoms with E-state index in [0.717, 1.165) is 54.2 Å². The van der Waals surface area contributed by atoms with E-state index in [1.165, 1.54) is 6.92 Å². The van der Waals surface area contributed by atoms with Gasteiger partial charge in [-0.3, -0.25) is 14.4 Å². The van der Waals surface area contributed by atoms with Gasteiger partial charge in [0.2, 0.25) is 17.7 Å². The number of likely N-dealkylation sites (tertiary alicyclic amines) is 1. The van der Waals surface area contributed by atoms with Gasteiger partial charge in [0, 0.05) is 41.7 Å². The molecule has 8 nitrogen and oxygen atoms in total. The predicted octanol–water partition coefficient (Wildman–Crippen LogP) is 3.56. The molecule has 5 rings (SSSR count). The molecule has 3 N–H and O–H groups in total. The first-order valence-corrected chi connectivity index (χ1v) is 13.4. The quantitative estimate of drug-likeness (QED) is 0.557. The van der Waals surface area contributed by atoms with Crippen molar-refractivity contribution >= 4 is 34.7 Å². The zero-order valence-electron chi connectivity index (χ0n) is 20.3. The Kier molecular flexibility index (Phi) is 7.29. The second-order valence-electron chi connectivity index (χ2n) is 9.51. The van der Waals surface area contributed by atoms with Crippen LogP contribution in [0.3, 0.4) is 0 Å². The lowest BCUT2D eigenvalue weighted by atomic mass is 9.96. The second kappa shape index (κ2) is 10.8. The lowest BCUT2D eigenvalue weighted by molar-refractivity contribution is -0.134. The molecule has 2 aromatic rings. The lowest BCUT2D eigenvalue weighted by Gasteiger charge is -2.22. The molecule has 2 saturated heterocycles. The third kappa shape index (κ3) is 5.42. The van der Waals surface area contributed by atoms with Crippen LogP contribution in [0.15, 0.2) is 53.6 Å². The van der Waals surface area contributed by atoms with Crippen LogP contribution < -0.4 is 16.0 Å². The van der Waals surface area contributed by atoms with Gasteiger partial charge in [-0.25, -0.2) is 4.98 Å². The first-order valence-electron chi connectivity index (χ1n) is 12.5. The fourth-order valence-corrected chi connectivity index (χ4v) is 5.89. The van der Waals surface area contributed by atoms with Crippen LogP contribution in [0.25, 0.3) is 10.6 Å². The van der Waals surface area contributed by atoms with E-state index in [1.807, 2.05) is 30.3 Å². The molecular formula is C27H31N5O3S. The van der Waals surface area contributed by atoms with E-state index in [2.05, 4.69) is 33.5 Å². The molecule has 1 aromatic heterocycles. The van der Waals surface area contributed by atoms with Gasteiger partial charge in [0.1, 0.15) is 11.0 Å². The van der Waals surface area contributed by atoms with Gasteiger partial charge in [-0.2, -0.15) is 0 Å². The Morgan fingerprint density at radius 2 is 1.92 bits per heavy atom. The third-order valence-electron chi connectivity index (χ3n) is 7.01. The number of anilines is 1. The van der Waals surface area contributed by atoms with Crippen molar-refractivity contribution in [3.05, 3.63) is 59.3 Å². The van der Waals surface area contributed by atoms with Crippen molar-refractivity contribution in [3.63, 3.8) is 0 Å². The summed E-state index contributed by atoms with van der Waals surface area (Å²) in [5.41, 5.74) is 3.55. The van der Waals surface area contributed by atoms with Crippen LogP contribution >= 0.6 is 11.3 Å². The standard InChI is InChI=1S/C27H31N5O3S/c1-17(33)32-15-3-5-24(32)26(35)30-21-12-8-19(9-13-21)27-31-23(16-36-27)18-6-10-20(11-7-18)29-25(34)22-4-2-14-28-22/h6,8-13,16,18,22,24,28H,2-5,7,14-15H2,1H3,(H,29,34)(H,30,35)/t18?,22-,24-/m0/s1. The molecule has 36 heavy (non-hydrogen) atoms. The first-order chi connectivity index (χ1) is 17.5. The zero-order chi connectivity index (χ0) is 25.1. The van der Waals surface area contributed by atoms with Gasteiger partial charge in [0.05, 0.1) is 11.7 Å². The fraction of sp³-hybridized carbons (Fsp3) is 0.407. The summed E-state index contributed by atoms with van der Waals surface area (Å²) in [6, 6.07) is 7.18. The Morgan fingerprint density at radius 3 is 2.61 bits per heavy atom. The fourth-order valence-electron chi connectivity index (χ4n) is 5.00. The van der Waals surface area contributed by atoms with Gasteiger partial charge < -0.3 is 20.9 Å². The Hall–Kier alpha value is -3.30. The molecule has 1 aliphatic carbocycles. The normalized spacial score (nSPS) is 23.4. The van der Waals surface area contributed by atoms with Crippen molar-refractivity contribution in [2.75, 3.05) is 18.4 Å². The summed E-state index contributed by atoms with van der Waals surface area (Å²) in [4.78, 5) is 43.2. The number of allylic oxidation sites excluding steroid dienone is 3. The summed E-state index contributed by atoms with van der Waals surface area (Å²) >= 11 is 1.59. The minimum absolute atomic E-state index is 0.0388. The molecule has 188 valence electrons. The van der Waals surface area contributed by atoms with Crippen LogP contribution in [0.2, 0.25) is 0 Å². The average Bonchev–Trinajstić information content (AvgIpc) is 3.67. The van der Waals surface area contributed by atoms with E-state index in [9.17, 15) is 14.4 Å². The maximum absolute atomic E-state index is 12.7. The molecule has 0 spiro atoms. The number of thiazole rings is 1. The average molecular weight is 506 g/mol. The molecule has 0 radical (unpaired) electrons. The molecule has 3 amide bonds.